The first-order chi connectivity index (χ1) is 12.1. The maximum Gasteiger partial charge on any atom is 0.267 e. The van der Waals surface area contributed by atoms with Crippen LogP contribution in [0, 0.1) is 20.8 Å². The van der Waals surface area contributed by atoms with E-state index in [1.54, 1.807) is 18.5 Å². The molecule has 1 fully saturated rings. The van der Waals surface area contributed by atoms with Crippen molar-refractivity contribution >= 4 is 15.7 Å². The molecule has 1 amide bonds. The van der Waals surface area contributed by atoms with Gasteiger partial charge in [-0.25, -0.2) is 8.42 Å². The lowest BCUT2D eigenvalue weighted by atomic mass is 9.87. The Hall–Kier alpha value is -2.36. The van der Waals surface area contributed by atoms with Gasteiger partial charge in [0.1, 0.15) is 0 Å². The van der Waals surface area contributed by atoms with Gasteiger partial charge in [-0.3, -0.25) is 19.4 Å². The second-order valence-electron chi connectivity index (χ2n) is 6.93. The Morgan fingerprint density at radius 1 is 1.31 bits per heavy atom. The molecule has 3 rings (SSSR count). The molecule has 0 radical (unpaired) electrons. The van der Waals surface area contributed by atoms with Gasteiger partial charge in [0, 0.05) is 34.9 Å². The molecule has 0 aliphatic carbocycles. The molecule has 3 heterocycles. The number of nitrogens with two attached hydrogens (primary N) is 1. The number of aromatic nitrogens is 4. The Morgan fingerprint density at radius 3 is 2.50 bits per heavy atom. The standard InChI is InChI=1S/C16H23N5O4S/c1-8-15(16(23)19-18-8)12(6-13(17)22)14-9(2)20-21(10(14)3)11-4-5-26(24,25)7-11/h11-12H,4-7H2,1-3H3,(H2,17,22)(H2,18,19,23). The molecule has 0 spiro atoms. The molecule has 0 bridgehead atoms. The van der Waals surface area contributed by atoms with E-state index < -0.39 is 21.7 Å². The Kier molecular flexibility index (Phi) is 4.55. The zero-order valence-corrected chi connectivity index (χ0v) is 15.8. The summed E-state index contributed by atoms with van der Waals surface area (Å²) in [5.41, 5.74) is 8.40. The topological polar surface area (TPSA) is 144 Å². The Labute approximate surface area is 150 Å². The lowest BCUT2D eigenvalue weighted by Crippen LogP contribution is -2.22. The number of aryl methyl sites for hydroxylation is 2. The number of amides is 1. The highest BCUT2D eigenvalue weighted by Gasteiger charge is 2.34. The molecule has 10 heteroatoms. The van der Waals surface area contributed by atoms with Crippen molar-refractivity contribution in [2.45, 2.75) is 45.6 Å². The van der Waals surface area contributed by atoms with Crippen LogP contribution in [0.2, 0.25) is 0 Å². The first kappa shape index (κ1) is 18.4. The van der Waals surface area contributed by atoms with Crippen LogP contribution in [0.5, 0.6) is 0 Å². The van der Waals surface area contributed by atoms with E-state index in [-0.39, 0.29) is 29.5 Å². The van der Waals surface area contributed by atoms with Crippen LogP contribution >= 0.6 is 0 Å². The third-order valence-corrected chi connectivity index (χ3v) is 6.80. The fourth-order valence-electron chi connectivity index (χ4n) is 3.93. The molecule has 26 heavy (non-hydrogen) atoms. The van der Waals surface area contributed by atoms with Crippen molar-refractivity contribution in [2.24, 2.45) is 5.73 Å². The van der Waals surface area contributed by atoms with Crippen molar-refractivity contribution < 1.29 is 13.2 Å². The second kappa shape index (κ2) is 6.42. The maximum atomic E-state index is 12.3. The minimum Gasteiger partial charge on any atom is -0.370 e. The number of rotatable bonds is 5. The molecule has 1 aliphatic rings. The molecule has 2 atom stereocenters. The van der Waals surface area contributed by atoms with Crippen LogP contribution in [-0.2, 0) is 14.6 Å². The van der Waals surface area contributed by atoms with E-state index in [0.717, 1.165) is 11.3 Å². The highest BCUT2D eigenvalue weighted by Crippen LogP contribution is 2.34. The first-order valence-corrected chi connectivity index (χ1v) is 10.2. The van der Waals surface area contributed by atoms with Gasteiger partial charge in [0.15, 0.2) is 9.84 Å². The molecule has 4 N–H and O–H groups in total. The fraction of sp³-hybridized carbons (Fsp3) is 0.562. The minimum absolute atomic E-state index is 0.0297. The van der Waals surface area contributed by atoms with Crippen LogP contribution in [0.15, 0.2) is 4.79 Å². The number of nitrogens with one attached hydrogen (secondary N) is 2. The molecule has 9 nitrogen and oxygen atoms in total. The fourth-order valence-corrected chi connectivity index (χ4v) is 5.62. The zero-order chi connectivity index (χ0) is 19.2. The molecule has 1 saturated heterocycles. The van der Waals surface area contributed by atoms with Gasteiger partial charge in [0.2, 0.25) is 5.91 Å². The average Bonchev–Trinajstić information content (AvgIpc) is 3.14. The quantitative estimate of drug-likeness (QED) is 0.677. The summed E-state index contributed by atoms with van der Waals surface area (Å²) in [4.78, 5) is 23.9. The Morgan fingerprint density at radius 2 is 2.00 bits per heavy atom. The van der Waals surface area contributed by atoms with Crippen LogP contribution in [0.4, 0.5) is 0 Å². The van der Waals surface area contributed by atoms with Crippen LogP contribution in [0.25, 0.3) is 0 Å². The molecule has 2 aromatic heterocycles. The largest absolute Gasteiger partial charge is 0.370 e. The number of primary amides is 1. The normalized spacial score (nSPS) is 20.3. The van der Waals surface area contributed by atoms with Gasteiger partial charge in [0.25, 0.3) is 5.56 Å². The van der Waals surface area contributed by atoms with Gasteiger partial charge in [-0.15, -0.1) is 0 Å². The number of hydrogen-bond acceptors (Lipinski definition) is 5. The summed E-state index contributed by atoms with van der Waals surface area (Å²) >= 11 is 0. The van der Waals surface area contributed by atoms with E-state index in [1.807, 2.05) is 6.92 Å². The lowest BCUT2D eigenvalue weighted by molar-refractivity contribution is -0.118. The van der Waals surface area contributed by atoms with Crippen LogP contribution in [0.1, 0.15) is 53.0 Å². The zero-order valence-electron chi connectivity index (χ0n) is 15.0. The number of aromatic amines is 2. The van der Waals surface area contributed by atoms with Gasteiger partial charge >= 0.3 is 0 Å². The smallest absolute Gasteiger partial charge is 0.267 e. The van der Waals surface area contributed by atoms with Crippen LogP contribution in [0.3, 0.4) is 0 Å². The number of H-pyrrole nitrogens is 2. The number of carbonyl (C=O) groups excluding carboxylic acids is 1. The van der Waals surface area contributed by atoms with E-state index in [2.05, 4.69) is 15.3 Å². The summed E-state index contributed by atoms with van der Waals surface area (Å²) in [6.07, 6.45) is 0.478. The van der Waals surface area contributed by atoms with E-state index in [4.69, 9.17) is 5.73 Å². The number of hydrogen-bond donors (Lipinski definition) is 3. The van der Waals surface area contributed by atoms with Gasteiger partial charge in [-0.05, 0) is 27.2 Å². The SMILES string of the molecule is Cc1nn(C2CCS(=O)(=O)C2)c(C)c1C(CC(N)=O)c1c(C)[nH][nH]c1=O. The lowest BCUT2D eigenvalue weighted by Gasteiger charge is -2.17. The van der Waals surface area contributed by atoms with Gasteiger partial charge in [0.05, 0.1) is 23.2 Å². The van der Waals surface area contributed by atoms with E-state index in [9.17, 15) is 18.0 Å². The van der Waals surface area contributed by atoms with E-state index in [0.29, 0.717) is 23.4 Å². The summed E-state index contributed by atoms with van der Waals surface area (Å²) < 4.78 is 25.4. The van der Waals surface area contributed by atoms with E-state index in [1.165, 1.54) is 0 Å². The minimum atomic E-state index is -3.05. The Balaban J connectivity index is 2.11. The summed E-state index contributed by atoms with van der Waals surface area (Å²) in [6, 6.07) is -0.229. The molecule has 0 aromatic carbocycles. The molecular formula is C16H23N5O4S. The Bertz CT molecular complexity index is 1010. The second-order valence-corrected chi connectivity index (χ2v) is 9.16. The molecule has 142 valence electrons. The van der Waals surface area contributed by atoms with Gasteiger partial charge in [-0.1, -0.05) is 0 Å². The predicted octanol–water partition coefficient (Wildman–Crippen LogP) is 0.192. The third-order valence-electron chi connectivity index (χ3n) is 5.05. The molecule has 0 saturated carbocycles. The number of sulfone groups is 1. The molecular weight excluding hydrogens is 358 g/mol. The van der Waals surface area contributed by atoms with E-state index >= 15 is 0 Å². The summed E-state index contributed by atoms with van der Waals surface area (Å²) in [5.74, 6) is -0.857. The highest BCUT2D eigenvalue weighted by molar-refractivity contribution is 7.91. The number of carbonyl (C=O) groups is 1. The highest BCUT2D eigenvalue weighted by atomic mass is 32.2. The van der Waals surface area contributed by atoms with Crippen molar-refractivity contribution in [2.75, 3.05) is 11.5 Å². The average molecular weight is 381 g/mol. The third kappa shape index (κ3) is 3.20. The molecule has 2 aromatic rings. The van der Waals surface area contributed by atoms with Crippen molar-refractivity contribution in [3.8, 4) is 0 Å². The predicted molar refractivity (Wildman–Crippen MR) is 95.8 cm³/mol. The van der Waals surface area contributed by atoms with Crippen molar-refractivity contribution in [1.82, 2.24) is 20.0 Å². The molecule has 1 aliphatic heterocycles. The molecule has 2 unspecified atom stereocenters. The summed E-state index contributed by atoms with van der Waals surface area (Å²) in [6.45, 7) is 5.39. The van der Waals surface area contributed by atoms with Crippen molar-refractivity contribution in [1.29, 1.82) is 0 Å². The maximum absolute atomic E-state index is 12.3. The number of nitrogens with zero attached hydrogens (tertiary/aromatic N) is 2. The van der Waals surface area contributed by atoms with Crippen LogP contribution < -0.4 is 11.3 Å². The van der Waals surface area contributed by atoms with Gasteiger partial charge in [-0.2, -0.15) is 5.10 Å². The monoisotopic (exact) mass is 381 g/mol. The van der Waals surface area contributed by atoms with Gasteiger partial charge < -0.3 is 10.8 Å². The summed E-state index contributed by atoms with van der Waals surface area (Å²) in [5, 5.41) is 9.84. The van der Waals surface area contributed by atoms with Crippen molar-refractivity contribution in [3.63, 3.8) is 0 Å². The first-order valence-electron chi connectivity index (χ1n) is 8.42. The summed E-state index contributed by atoms with van der Waals surface area (Å²) in [7, 11) is -3.05. The van der Waals surface area contributed by atoms with Crippen LogP contribution in [-0.4, -0.2) is 45.8 Å². The van der Waals surface area contributed by atoms with Crippen molar-refractivity contribution in [3.05, 3.63) is 38.6 Å².